The molecule has 0 unspecified atom stereocenters. The van der Waals surface area contributed by atoms with Crippen LogP contribution in [0.25, 0.3) is 21.2 Å². The Bertz CT molecular complexity index is 963. The van der Waals surface area contributed by atoms with Crippen LogP contribution in [0.5, 0.6) is 5.75 Å². The van der Waals surface area contributed by atoms with E-state index in [0.29, 0.717) is 12.2 Å². The lowest BCUT2D eigenvalue weighted by Crippen LogP contribution is -1.93. The average molecular weight is 318 g/mol. The highest BCUT2D eigenvalue weighted by Crippen LogP contribution is 2.33. The van der Waals surface area contributed by atoms with Crippen LogP contribution in [0.1, 0.15) is 11.3 Å². The summed E-state index contributed by atoms with van der Waals surface area (Å²) in [5.41, 5.74) is 2.87. The molecule has 3 nitrogen and oxygen atoms in total. The molecular formula is C19H14N2OS. The standard InChI is InChI=1S/C19H14N2OS/c22-18-15(11-10-13-6-4-5-9-16(13)18)12-17-19(23-21-20-17)14-7-2-1-3-8-14/h1-11,22H,12H2. The normalized spacial score (nSPS) is 11.0. The van der Waals surface area contributed by atoms with Crippen LogP contribution in [0.2, 0.25) is 0 Å². The lowest BCUT2D eigenvalue weighted by Gasteiger charge is -2.08. The van der Waals surface area contributed by atoms with Crippen molar-refractivity contribution in [2.75, 3.05) is 0 Å². The second-order valence-electron chi connectivity index (χ2n) is 5.39. The molecule has 4 heteroatoms. The fourth-order valence-electron chi connectivity index (χ4n) is 2.76. The molecule has 0 spiro atoms. The molecule has 0 atom stereocenters. The van der Waals surface area contributed by atoms with Crippen LogP contribution >= 0.6 is 11.5 Å². The molecule has 0 aliphatic heterocycles. The zero-order valence-corrected chi connectivity index (χ0v) is 13.1. The molecule has 1 N–H and O–H groups in total. The van der Waals surface area contributed by atoms with E-state index in [1.165, 1.54) is 11.5 Å². The van der Waals surface area contributed by atoms with Crippen molar-refractivity contribution in [2.24, 2.45) is 0 Å². The highest BCUT2D eigenvalue weighted by Gasteiger charge is 2.14. The minimum atomic E-state index is 0.329. The topological polar surface area (TPSA) is 46.0 Å². The van der Waals surface area contributed by atoms with Crippen LogP contribution in [0.4, 0.5) is 0 Å². The number of aromatic hydroxyl groups is 1. The minimum absolute atomic E-state index is 0.329. The summed E-state index contributed by atoms with van der Waals surface area (Å²) < 4.78 is 4.10. The van der Waals surface area contributed by atoms with Crippen molar-refractivity contribution in [3.63, 3.8) is 0 Å². The average Bonchev–Trinajstić information content (AvgIpc) is 3.07. The van der Waals surface area contributed by atoms with Gasteiger partial charge in [-0.3, -0.25) is 0 Å². The summed E-state index contributed by atoms with van der Waals surface area (Å²) in [6.07, 6.45) is 0.567. The molecule has 23 heavy (non-hydrogen) atoms. The number of phenolic OH excluding ortho intramolecular Hbond substituents is 1. The minimum Gasteiger partial charge on any atom is -0.507 e. The SMILES string of the molecule is Oc1c(Cc2nnsc2-c2ccccc2)ccc2ccccc12. The zero-order chi connectivity index (χ0) is 15.6. The first kappa shape index (κ1) is 13.9. The molecule has 4 rings (SSSR count). The van der Waals surface area contributed by atoms with E-state index in [1.54, 1.807) is 0 Å². The molecule has 0 aliphatic carbocycles. The Morgan fingerprint density at radius 3 is 2.52 bits per heavy atom. The van der Waals surface area contributed by atoms with Crippen molar-refractivity contribution in [1.82, 2.24) is 9.59 Å². The molecule has 0 saturated heterocycles. The Balaban J connectivity index is 1.75. The largest absolute Gasteiger partial charge is 0.507 e. The molecule has 0 aliphatic rings. The summed E-state index contributed by atoms with van der Waals surface area (Å²) in [6.45, 7) is 0. The number of benzene rings is 3. The summed E-state index contributed by atoms with van der Waals surface area (Å²) in [5, 5.41) is 16.7. The summed E-state index contributed by atoms with van der Waals surface area (Å²) in [5.74, 6) is 0.329. The molecule has 0 radical (unpaired) electrons. The summed E-state index contributed by atoms with van der Waals surface area (Å²) >= 11 is 1.39. The van der Waals surface area contributed by atoms with Crippen molar-refractivity contribution < 1.29 is 5.11 Å². The van der Waals surface area contributed by atoms with Gasteiger partial charge in [-0.2, -0.15) is 0 Å². The highest BCUT2D eigenvalue weighted by atomic mass is 32.1. The smallest absolute Gasteiger partial charge is 0.126 e. The maximum atomic E-state index is 10.6. The molecule has 0 amide bonds. The van der Waals surface area contributed by atoms with Crippen LogP contribution in [0, 0.1) is 0 Å². The Kier molecular flexibility index (Phi) is 3.52. The molecule has 4 aromatic rings. The van der Waals surface area contributed by atoms with Crippen molar-refractivity contribution in [3.05, 3.63) is 78.0 Å². The molecule has 0 bridgehead atoms. The quantitative estimate of drug-likeness (QED) is 0.598. The summed E-state index contributed by atoms with van der Waals surface area (Å²) in [4.78, 5) is 1.05. The highest BCUT2D eigenvalue weighted by molar-refractivity contribution is 7.09. The van der Waals surface area contributed by atoms with Crippen molar-refractivity contribution in [3.8, 4) is 16.2 Å². The van der Waals surface area contributed by atoms with Gasteiger partial charge in [-0.25, -0.2) is 0 Å². The fourth-order valence-corrected chi connectivity index (χ4v) is 3.44. The van der Waals surface area contributed by atoms with Gasteiger partial charge in [0.1, 0.15) is 5.75 Å². The lowest BCUT2D eigenvalue weighted by atomic mass is 10.0. The third-order valence-electron chi connectivity index (χ3n) is 3.93. The van der Waals surface area contributed by atoms with Crippen LogP contribution in [0.15, 0.2) is 66.7 Å². The lowest BCUT2D eigenvalue weighted by molar-refractivity contribution is 0.475. The number of aromatic nitrogens is 2. The molecule has 1 heterocycles. The second-order valence-corrected chi connectivity index (χ2v) is 6.14. The van der Waals surface area contributed by atoms with E-state index in [4.69, 9.17) is 0 Å². The van der Waals surface area contributed by atoms with Crippen LogP contribution in [-0.4, -0.2) is 14.7 Å². The summed E-state index contributed by atoms with van der Waals surface area (Å²) in [6, 6.07) is 22.0. The second kappa shape index (κ2) is 5.82. The van der Waals surface area contributed by atoms with E-state index in [0.717, 1.165) is 32.5 Å². The first-order valence-corrected chi connectivity index (χ1v) is 8.16. The number of phenols is 1. The number of hydrogen-bond donors (Lipinski definition) is 1. The van der Waals surface area contributed by atoms with E-state index in [9.17, 15) is 5.11 Å². The van der Waals surface area contributed by atoms with Crippen molar-refractivity contribution in [1.29, 1.82) is 0 Å². The van der Waals surface area contributed by atoms with Gasteiger partial charge in [0.15, 0.2) is 0 Å². The number of fused-ring (bicyclic) bond motifs is 1. The number of nitrogens with zero attached hydrogens (tertiary/aromatic N) is 2. The van der Waals surface area contributed by atoms with Crippen LogP contribution < -0.4 is 0 Å². The zero-order valence-electron chi connectivity index (χ0n) is 12.3. The first-order chi connectivity index (χ1) is 11.3. The molecule has 1 aromatic heterocycles. The van der Waals surface area contributed by atoms with E-state index in [-0.39, 0.29) is 0 Å². The maximum Gasteiger partial charge on any atom is 0.126 e. The molecule has 0 fully saturated rings. The number of hydrogen-bond acceptors (Lipinski definition) is 4. The van der Waals surface area contributed by atoms with E-state index < -0.39 is 0 Å². The Hall–Kier alpha value is -2.72. The predicted molar refractivity (Wildman–Crippen MR) is 93.8 cm³/mol. The van der Waals surface area contributed by atoms with Gasteiger partial charge in [-0.1, -0.05) is 71.2 Å². The van der Waals surface area contributed by atoms with Crippen LogP contribution in [0.3, 0.4) is 0 Å². The Morgan fingerprint density at radius 2 is 1.65 bits per heavy atom. The van der Waals surface area contributed by atoms with Gasteiger partial charge in [0, 0.05) is 17.4 Å². The maximum absolute atomic E-state index is 10.6. The predicted octanol–water partition coefficient (Wildman–Crippen LogP) is 4.65. The van der Waals surface area contributed by atoms with Gasteiger partial charge in [0.25, 0.3) is 0 Å². The van der Waals surface area contributed by atoms with Gasteiger partial charge >= 0.3 is 0 Å². The van der Waals surface area contributed by atoms with Crippen molar-refractivity contribution >= 4 is 22.3 Å². The van der Waals surface area contributed by atoms with Gasteiger partial charge in [0.05, 0.1) is 10.6 Å². The Morgan fingerprint density at radius 1 is 0.870 bits per heavy atom. The van der Waals surface area contributed by atoms with E-state index in [2.05, 4.69) is 21.7 Å². The third-order valence-corrected chi connectivity index (χ3v) is 4.75. The third kappa shape index (κ3) is 2.58. The van der Waals surface area contributed by atoms with E-state index in [1.807, 2.05) is 54.6 Å². The van der Waals surface area contributed by atoms with Gasteiger partial charge in [-0.15, -0.1) is 5.10 Å². The number of rotatable bonds is 3. The summed E-state index contributed by atoms with van der Waals surface area (Å²) in [7, 11) is 0. The van der Waals surface area contributed by atoms with Gasteiger partial charge < -0.3 is 5.11 Å². The van der Waals surface area contributed by atoms with Gasteiger partial charge in [0.2, 0.25) is 0 Å². The van der Waals surface area contributed by atoms with Crippen molar-refractivity contribution in [2.45, 2.75) is 6.42 Å². The Labute approximate surface area is 138 Å². The fraction of sp³-hybridized carbons (Fsp3) is 0.0526. The molecule has 112 valence electrons. The molecular weight excluding hydrogens is 304 g/mol. The molecule has 0 saturated carbocycles. The molecule has 3 aromatic carbocycles. The van der Waals surface area contributed by atoms with E-state index >= 15 is 0 Å². The monoisotopic (exact) mass is 318 g/mol. The van der Waals surface area contributed by atoms with Gasteiger partial charge in [-0.05, 0) is 22.5 Å². The van der Waals surface area contributed by atoms with Crippen LogP contribution in [-0.2, 0) is 6.42 Å². The first-order valence-electron chi connectivity index (χ1n) is 7.39.